The summed E-state index contributed by atoms with van der Waals surface area (Å²) < 4.78 is 11.6. The van der Waals surface area contributed by atoms with E-state index in [4.69, 9.17) is 10.5 Å². The van der Waals surface area contributed by atoms with Gasteiger partial charge in [0.2, 0.25) is 5.88 Å². The lowest BCUT2D eigenvalue weighted by molar-refractivity contribution is 0.0996. The van der Waals surface area contributed by atoms with Gasteiger partial charge in [0.05, 0.1) is 6.33 Å². The second kappa shape index (κ2) is 9.46. The van der Waals surface area contributed by atoms with Crippen LogP contribution in [0.4, 0.5) is 9.80 Å². The van der Waals surface area contributed by atoms with Gasteiger partial charge in [-0.05, 0) is 24.0 Å². The molecule has 0 unspecified atom stereocenters. The predicted molar refractivity (Wildman–Crippen MR) is 103 cm³/mol. The van der Waals surface area contributed by atoms with Crippen LogP contribution in [0.15, 0.2) is 43.2 Å². The van der Waals surface area contributed by atoms with E-state index in [1.807, 2.05) is 16.8 Å². The minimum atomic E-state index is -0.731. The monoisotopic (exact) mass is 401 g/mol. The molecule has 0 radical (unpaired) electrons. The van der Waals surface area contributed by atoms with E-state index in [2.05, 4.69) is 25.0 Å². The number of urea groups is 1. The van der Waals surface area contributed by atoms with Crippen molar-refractivity contribution in [3.05, 3.63) is 54.4 Å². The Morgan fingerprint density at radius 3 is 2.89 bits per heavy atom. The highest BCUT2D eigenvalue weighted by atomic mass is 32.1. The number of carbonyl (C=O) groups excluding carboxylic acids is 2. The van der Waals surface area contributed by atoms with Crippen LogP contribution < -0.4 is 21.1 Å². The second-order valence-electron chi connectivity index (χ2n) is 5.74. The molecule has 11 heteroatoms. The average molecular weight is 401 g/mol. The van der Waals surface area contributed by atoms with E-state index in [-0.39, 0.29) is 23.1 Å². The quantitative estimate of drug-likeness (QED) is 0.466. The Morgan fingerprint density at radius 1 is 1.29 bits per heavy atom. The Bertz CT molecular complexity index is 912. The molecular formula is C17H19N7O3S. The molecular weight excluding hydrogens is 382 g/mol. The summed E-state index contributed by atoms with van der Waals surface area (Å²) in [4.78, 5) is 31.8. The van der Waals surface area contributed by atoms with E-state index in [1.165, 1.54) is 0 Å². The maximum Gasteiger partial charge on any atom is 0.319 e. The van der Waals surface area contributed by atoms with E-state index in [9.17, 15) is 9.59 Å². The van der Waals surface area contributed by atoms with Crippen LogP contribution in [-0.2, 0) is 13.2 Å². The van der Waals surface area contributed by atoms with Crippen molar-refractivity contribution in [1.82, 2.24) is 24.2 Å². The fourth-order valence-electron chi connectivity index (χ4n) is 2.34. The number of anilines is 1. The molecule has 0 saturated carbocycles. The maximum atomic E-state index is 12.1. The van der Waals surface area contributed by atoms with Gasteiger partial charge in [-0.2, -0.15) is 4.37 Å². The Labute approximate surface area is 164 Å². The van der Waals surface area contributed by atoms with Gasteiger partial charge in [-0.3, -0.25) is 15.1 Å². The van der Waals surface area contributed by atoms with E-state index in [0.29, 0.717) is 6.54 Å². The molecule has 0 aliphatic heterocycles. The van der Waals surface area contributed by atoms with Gasteiger partial charge in [0, 0.05) is 43.4 Å². The number of imidazole rings is 1. The first-order chi connectivity index (χ1) is 13.6. The van der Waals surface area contributed by atoms with Gasteiger partial charge in [0.15, 0.2) is 0 Å². The van der Waals surface area contributed by atoms with Gasteiger partial charge in [0.1, 0.15) is 17.2 Å². The molecule has 0 aliphatic rings. The summed E-state index contributed by atoms with van der Waals surface area (Å²) in [5.41, 5.74) is 6.30. The van der Waals surface area contributed by atoms with E-state index in [1.54, 1.807) is 31.0 Å². The number of aryl methyl sites for hydroxylation is 1. The molecule has 3 heterocycles. The molecule has 4 N–H and O–H groups in total. The molecule has 10 nitrogen and oxygen atoms in total. The van der Waals surface area contributed by atoms with Crippen LogP contribution in [-0.4, -0.2) is 37.4 Å². The number of ether oxygens (including phenoxy) is 1. The summed E-state index contributed by atoms with van der Waals surface area (Å²) in [6.45, 7) is 1.37. The zero-order valence-corrected chi connectivity index (χ0v) is 15.7. The number of amides is 3. The van der Waals surface area contributed by atoms with Gasteiger partial charge in [0.25, 0.3) is 5.91 Å². The van der Waals surface area contributed by atoms with Crippen molar-refractivity contribution in [2.75, 3.05) is 11.9 Å². The lowest BCUT2D eigenvalue weighted by Crippen LogP contribution is -2.30. The zero-order chi connectivity index (χ0) is 19.8. The highest BCUT2D eigenvalue weighted by Gasteiger charge is 2.21. The smallest absolute Gasteiger partial charge is 0.319 e. The fourth-order valence-corrected chi connectivity index (χ4v) is 3.08. The summed E-state index contributed by atoms with van der Waals surface area (Å²) in [5, 5.41) is 5.56. The Kier molecular flexibility index (Phi) is 6.52. The highest BCUT2D eigenvalue weighted by Crippen LogP contribution is 2.30. The largest absolute Gasteiger partial charge is 0.472 e. The molecule has 0 bridgehead atoms. The summed E-state index contributed by atoms with van der Waals surface area (Å²) in [6.07, 6.45) is 9.29. The summed E-state index contributed by atoms with van der Waals surface area (Å²) in [6, 6.07) is 3.16. The van der Waals surface area contributed by atoms with Gasteiger partial charge in [-0.1, -0.05) is 6.07 Å². The number of nitrogens with two attached hydrogens (primary N) is 1. The van der Waals surface area contributed by atoms with Crippen LogP contribution in [0.3, 0.4) is 0 Å². The summed E-state index contributed by atoms with van der Waals surface area (Å²) >= 11 is 0.929. The van der Waals surface area contributed by atoms with Gasteiger partial charge in [-0.15, -0.1) is 0 Å². The molecule has 0 aromatic carbocycles. The molecule has 28 heavy (non-hydrogen) atoms. The fraction of sp³-hybridized carbons (Fsp3) is 0.235. The number of nitrogens with zero attached hydrogens (tertiary/aromatic N) is 4. The van der Waals surface area contributed by atoms with E-state index in [0.717, 1.165) is 30.1 Å². The standard InChI is InChI=1S/C17H19N7O3S/c18-14(25)13-15(27-10-12-3-1-4-19-9-12)23-28-16(13)22-17(26)21-5-2-7-24-8-6-20-11-24/h1,3-4,6,8-9,11H,2,5,7,10H2,(H2,18,25)(H2,21,22,26). The molecule has 3 aromatic heterocycles. The van der Waals surface area contributed by atoms with Crippen LogP contribution in [0, 0.1) is 0 Å². The van der Waals surface area contributed by atoms with Crippen molar-refractivity contribution in [3.8, 4) is 5.88 Å². The number of nitrogens with one attached hydrogen (secondary N) is 2. The Hall–Kier alpha value is -3.47. The Morgan fingerprint density at radius 2 is 2.18 bits per heavy atom. The zero-order valence-electron chi connectivity index (χ0n) is 14.9. The lowest BCUT2D eigenvalue weighted by atomic mass is 10.3. The van der Waals surface area contributed by atoms with Crippen LogP contribution in [0.2, 0.25) is 0 Å². The third-order valence-corrected chi connectivity index (χ3v) is 4.42. The van der Waals surface area contributed by atoms with Crippen molar-refractivity contribution in [2.45, 2.75) is 19.6 Å². The molecule has 0 spiro atoms. The minimum absolute atomic E-state index is 0.0439. The molecule has 0 saturated heterocycles. The highest BCUT2D eigenvalue weighted by molar-refractivity contribution is 7.11. The lowest BCUT2D eigenvalue weighted by Gasteiger charge is -2.08. The first-order valence-electron chi connectivity index (χ1n) is 8.45. The van der Waals surface area contributed by atoms with Crippen LogP contribution in [0.5, 0.6) is 5.88 Å². The van der Waals surface area contributed by atoms with Crippen LogP contribution in [0.1, 0.15) is 22.3 Å². The number of rotatable bonds is 9. The van der Waals surface area contributed by atoms with Crippen molar-refractivity contribution in [2.24, 2.45) is 5.73 Å². The number of carbonyl (C=O) groups is 2. The average Bonchev–Trinajstić information content (AvgIpc) is 3.34. The number of primary amides is 1. The van der Waals surface area contributed by atoms with Crippen molar-refractivity contribution in [1.29, 1.82) is 0 Å². The predicted octanol–water partition coefficient (Wildman–Crippen LogP) is 1.62. The van der Waals surface area contributed by atoms with Crippen molar-refractivity contribution in [3.63, 3.8) is 0 Å². The number of aromatic nitrogens is 4. The van der Waals surface area contributed by atoms with E-state index >= 15 is 0 Å². The first-order valence-corrected chi connectivity index (χ1v) is 9.22. The molecule has 0 fully saturated rings. The topological polar surface area (TPSA) is 137 Å². The SMILES string of the molecule is NC(=O)c1c(OCc2cccnc2)nsc1NC(=O)NCCCn1ccnc1. The molecule has 0 atom stereocenters. The first kappa shape index (κ1) is 19.3. The second-order valence-corrected chi connectivity index (χ2v) is 6.51. The number of hydrogen-bond acceptors (Lipinski definition) is 7. The summed E-state index contributed by atoms with van der Waals surface area (Å²) in [5.74, 6) is -0.651. The van der Waals surface area contributed by atoms with E-state index < -0.39 is 11.9 Å². The molecule has 0 aliphatic carbocycles. The molecule has 3 amide bonds. The van der Waals surface area contributed by atoms with Crippen LogP contribution in [0.25, 0.3) is 0 Å². The minimum Gasteiger partial charge on any atom is -0.472 e. The van der Waals surface area contributed by atoms with Crippen LogP contribution >= 0.6 is 11.5 Å². The van der Waals surface area contributed by atoms with Gasteiger partial charge in [-0.25, -0.2) is 9.78 Å². The van der Waals surface area contributed by atoms with Gasteiger partial charge >= 0.3 is 6.03 Å². The maximum absolute atomic E-state index is 12.1. The normalized spacial score (nSPS) is 10.4. The molecule has 3 aromatic rings. The third-order valence-electron chi connectivity index (χ3n) is 3.67. The number of pyridine rings is 1. The molecule has 3 rings (SSSR count). The van der Waals surface area contributed by atoms with Crippen molar-refractivity contribution < 1.29 is 14.3 Å². The van der Waals surface area contributed by atoms with Crippen molar-refractivity contribution >= 4 is 28.5 Å². The Balaban J connectivity index is 1.53. The third kappa shape index (κ3) is 5.27. The molecule has 146 valence electrons. The number of hydrogen-bond donors (Lipinski definition) is 3. The summed E-state index contributed by atoms with van der Waals surface area (Å²) in [7, 11) is 0. The van der Waals surface area contributed by atoms with Gasteiger partial charge < -0.3 is 20.4 Å².